The molecule has 0 aliphatic rings. The van der Waals surface area contributed by atoms with Gasteiger partial charge in [0, 0.05) is 13.2 Å². The monoisotopic (exact) mass is 216 g/mol. The summed E-state index contributed by atoms with van der Waals surface area (Å²) in [6, 6.07) is 0. The SMILES string of the molecule is CCNCCCCCN(C)CCOCC. The number of likely N-dealkylation sites (N-methyl/N-ethyl adjacent to an activating group) is 1. The van der Waals surface area contributed by atoms with E-state index in [9.17, 15) is 0 Å². The van der Waals surface area contributed by atoms with Crippen LogP contribution in [0.2, 0.25) is 0 Å². The van der Waals surface area contributed by atoms with Crippen LogP contribution >= 0.6 is 0 Å². The van der Waals surface area contributed by atoms with Crippen LogP contribution in [0.15, 0.2) is 0 Å². The first-order valence-electron chi connectivity index (χ1n) is 6.28. The fourth-order valence-electron chi connectivity index (χ4n) is 1.46. The van der Waals surface area contributed by atoms with Gasteiger partial charge >= 0.3 is 0 Å². The minimum Gasteiger partial charge on any atom is -0.380 e. The summed E-state index contributed by atoms with van der Waals surface area (Å²) in [7, 11) is 2.17. The van der Waals surface area contributed by atoms with Crippen molar-refractivity contribution in [1.82, 2.24) is 10.2 Å². The maximum Gasteiger partial charge on any atom is 0.0593 e. The van der Waals surface area contributed by atoms with Crippen LogP contribution in [0.5, 0.6) is 0 Å². The average molecular weight is 216 g/mol. The molecule has 0 aromatic rings. The lowest BCUT2D eigenvalue weighted by Crippen LogP contribution is -2.24. The van der Waals surface area contributed by atoms with Crippen molar-refractivity contribution in [2.75, 3.05) is 46.4 Å². The summed E-state index contributed by atoms with van der Waals surface area (Å²) in [5, 5.41) is 3.34. The van der Waals surface area contributed by atoms with E-state index in [1.54, 1.807) is 0 Å². The first-order valence-corrected chi connectivity index (χ1v) is 6.28. The first-order chi connectivity index (χ1) is 7.31. The van der Waals surface area contributed by atoms with Crippen molar-refractivity contribution in [2.45, 2.75) is 33.1 Å². The van der Waals surface area contributed by atoms with Gasteiger partial charge < -0.3 is 15.0 Å². The van der Waals surface area contributed by atoms with E-state index in [1.807, 2.05) is 6.92 Å². The Labute approximate surface area is 95.2 Å². The minimum absolute atomic E-state index is 0.830. The van der Waals surface area contributed by atoms with Gasteiger partial charge in [0.25, 0.3) is 0 Å². The lowest BCUT2D eigenvalue weighted by molar-refractivity contribution is 0.121. The zero-order valence-corrected chi connectivity index (χ0v) is 10.7. The van der Waals surface area contributed by atoms with Crippen molar-refractivity contribution >= 4 is 0 Å². The standard InChI is InChI=1S/C12H28N2O/c1-4-13-9-7-6-8-10-14(3)11-12-15-5-2/h13H,4-12H2,1-3H3. The largest absolute Gasteiger partial charge is 0.380 e. The average Bonchev–Trinajstić information content (AvgIpc) is 2.23. The molecule has 0 unspecified atom stereocenters. The Kier molecular flexibility index (Phi) is 11.9. The number of hydrogen-bond donors (Lipinski definition) is 1. The maximum atomic E-state index is 5.31. The molecule has 0 rings (SSSR count). The molecule has 0 amide bonds. The van der Waals surface area contributed by atoms with Crippen LogP contribution in [-0.4, -0.2) is 51.3 Å². The van der Waals surface area contributed by atoms with Gasteiger partial charge in [-0.25, -0.2) is 0 Å². The lowest BCUT2D eigenvalue weighted by Gasteiger charge is -2.16. The Morgan fingerprint density at radius 2 is 1.87 bits per heavy atom. The molecule has 0 heterocycles. The Balaban J connectivity index is 3.06. The van der Waals surface area contributed by atoms with Gasteiger partial charge in [-0.2, -0.15) is 0 Å². The van der Waals surface area contributed by atoms with E-state index < -0.39 is 0 Å². The van der Waals surface area contributed by atoms with Crippen molar-refractivity contribution in [2.24, 2.45) is 0 Å². The first kappa shape index (κ1) is 14.9. The Morgan fingerprint density at radius 1 is 1.07 bits per heavy atom. The van der Waals surface area contributed by atoms with E-state index in [4.69, 9.17) is 4.74 Å². The lowest BCUT2D eigenvalue weighted by atomic mass is 10.2. The van der Waals surface area contributed by atoms with Crippen molar-refractivity contribution in [3.05, 3.63) is 0 Å². The molecule has 0 bridgehead atoms. The van der Waals surface area contributed by atoms with E-state index in [2.05, 4.69) is 24.2 Å². The molecule has 0 spiro atoms. The molecular formula is C12H28N2O. The van der Waals surface area contributed by atoms with E-state index in [0.29, 0.717) is 0 Å². The molecular weight excluding hydrogens is 188 g/mol. The van der Waals surface area contributed by atoms with E-state index in [0.717, 1.165) is 26.3 Å². The zero-order chi connectivity index (χ0) is 11.4. The van der Waals surface area contributed by atoms with Gasteiger partial charge in [-0.05, 0) is 46.4 Å². The second kappa shape index (κ2) is 12.0. The highest BCUT2D eigenvalue weighted by atomic mass is 16.5. The molecule has 0 saturated carbocycles. The highest BCUT2D eigenvalue weighted by Crippen LogP contribution is 1.96. The highest BCUT2D eigenvalue weighted by Gasteiger charge is 1.97. The van der Waals surface area contributed by atoms with Gasteiger partial charge in [-0.15, -0.1) is 0 Å². The topological polar surface area (TPSA) is 24.5 Å². The molecule has 92 valence electrons. The molecule has 0 aliphatic carbocycles. The Morgan fingerprint density at radius 3 is 2.53 bits per heavy atom. The molecule has 1 N–H and O–H groups in total. The molecule has 0 atom stereocenters. The smallest absolute Gasteiger partial charge is 0.0593 e. The van der Waals surface area contributed by atoms with Crippen molar-refractivity contribution in [3.63, 3.8) is 0 Å². The molecule has 3 heteroatoms. The summed E-state index contributed by atoms with van der Waals surface area (Å²) in [5.74, 6) is 0. The van der Waals surface area contributed by atoms with Crippen LogP contribution in [0.1, 0.15) is 33.1 Å². The Hall–Kier alpha value is -0.120. The van der Waals surface area contributed by atoms with E-state index in [1.165, 1.54) is 32.4 Å². The number of hydrogen-bond acceptors (Lipinski definition) is 3. The molecule has 0 aromatic carbocycles. The number of rotatable bonds is 11. The van der Waals surface area contributed by atoms with Crippen LogP contribution in [0.4, 0.5) is 0 Å². The summed E-state index contributed by atoms with van der Waals surface area (Å²) in [4.78, 5) is 2.35. The third-order valence-electron chi connectivity index (χ3n) is 2.46. The maximum absolute atomic E-state index is 5.31. The molecule has 0 radical (unpaired) electrons. The van der Waals surface area contributed by atoms with Crippen LogP contribution < -0.4 is 5.32 Å². The van der Waals surface area contributed by atoms with Crippen molar-refractivity contribution in [3.8, 4) is 0 Å². The van der Waals surface area contributed by atoms with Gasteiger partial charge in [-0.3, -0.25) is 0 Å². The second-order valence-electron chi connectivity index (χ2n) is 3.91. The number of nitrogens with one attached hydrogen (secondary N) is 1. The van der Waals surface area contributed by atoms with Crippen molar-refractivity contribution < 1.29 is 4.74 Å². The molecule has 0 fully saturated rings. The zero-order valence-electron chi connectivity index (χ0n) is 10.7. The predicted octanol–water partition coefficient (Wildman–Crippen LogP) is 1.73. The van der Waals surface area contributed by atoms with E-state index in [-0.39, 0.29) is 0 Å². The number of unbranched alkanes of at least 4 members (excludes halogenated alkanes) is 2. The summed E-state index contributed by atoms with van der Waals surface area (Å²) in [5.41, 5.74) is 0. The van der Waals surface area contributed by atoms with Crippen molar-refractivity contribution in [1.29, 1.82) is 0 Å². The quantitative estimate of drug-likeness (QED) is 0.532. The molecule has 3 nitrogen and oxygen atoms in total. The highest BCUT2D eigenvalue weighted by molar-refractivity contribution is 4.52. The molecule has 0 aromatic heterocycles. The van der Waals surface area contributed by atoms with Gasteiger partial charge in [-0.1, -0.05) is 13.3 Å². The van der Waals surface area contributed by atoms with Gasteiger partial charge in [0.2, 0.25) is 0 Å². The summed E-state index contributed by atoms with van der Waals surface area (Å²) >= 11 is 0. The molecule has 0 saturated heterocycles. The third kappa shape index (κ3) is 11.8. The van der Waals surface area contributed by atoms with Gasteiger partial charge in [0.05, 0.1) is 6.61 Å². The molecule has 0 aliphatic heterocycles. The molecule has 15 heavy (non-hydrogen) atoms. The number of ether oxygens (including phenoxy) is 1. The summed E-state index contributed by atoms with van der Waals surface area (Å²) < 4.78 is 5.31. The Bertz CT molecular complexity index is 120. The summed E-state index contributed by atoms with van der Waals surface area (Å²) in [6.07, 6.45) is 3.92. The normalized spacial score (nSPS) is 11.2. The van der Waals surface area contributed by atoms with E-state index >= 15 is 0 Å². The number of nitrogens with zero attached hydrogens (tertiary/aromatic N) is 1. The third-order valence-corrected chi connectivity index (χ3v) is 2.46. The fourth-order valence-corrected chi connectivity index (χ4v) is 1.46. The van der Waals surface area contributed by atoms with Gasteiger partial charge in [0.1, 0.15) is 0 Å². The van der Waals surface area contributed by atoms with Crippen LogP contribution in [0.3, 0.4) is 0 Å². The summed E-state index contributed by atoms with van der Waals surface area (Å²) in [6.45, 7) is 10.4. The van der Waals surface area contributed by atoms with Crippen LogP contribution in [0, 0.1) is 0 Å². The predicted molar refractivity (Wildman–Crippen MR) is 66.4 cm³/mol. The van der Waals surface area contributed by atoms with Gasteiger partial charge in [0.15, 0.2) is 0 Å². The van der Waals surface area contributed by atoms with Crippen LogP contribution in [0.25, 0.3) is 0 Å². The minimum atomic E-state index is 0.830. The van der Waals surface area contributed by atoms with Crippen LogP contribution in [-0.2, 0) is 4.74 Å². The fraction of sp³-hybridized carbons (Fsp3) is 1.00. The second-order valence-corrected chi connectivity index (χ2v) is 3.91.